The van der Waals surface area contributed by atoms with E-state index >= 15 is 0 Å². The average Bonchev–Trinajstić information content (AvgIpc) is 2.37. The van der Waals surface area contributed by atoms with Crippen molar-refractivity contribution in [2.75, 3.05) is 26.7 Å². The first-order valence-electron chi connectivity index (χ1n) is 6.41. The number of carbonyl (C=O) groups is 1. The van der Waals surface area contributed by atoms with Crippen LogP contribution in [0.15, 0.2) is 30.3 Å². The molecule has 1 rings (SSSR count). The predicted octanol–water partition coefficient (Wildman–Crippen LogP) is 2.51. The van der Waals surface area contributed by atoms with Gasteiger partial charge in [-0.1, -0.05) is 31.5 Å². The molecule has 0 heterocycles. The highest BCUT2D eigenvalue weighted by Crippen LogP contribution is 2.07. The van der Waals surface area contributed by atoms with E-state index in [1.807, 2.05) is 18.2 Å². The van der Waals surface area contributed by atoms with Crippen LogP contribution < -0.4 is 10.1 Å². The number of unbranched alkanes of at least 4 members (excludes halogenated alkanes) is 1. The van der Waals surface area contributed by atoms with Gasteiger partial charge >= 0.3 is 6.09 Å². The third kappa shape index (κ3) is 6.25. The lowest BCUT2D eigenvalue weighted by Crippen LogP contribution is -2.34. The monoisotopic (exact) mass is 250 g/mol. The summed E-state index contributed by atoms with van der Waals surface area (Å²) in [7, 11) is 2.06. The van der Waals surface area contributed by atoms with Gasteiger partial charge in [0.15, 0.2) is 0 Å². The number of hydrogen-bond donors (Lipinski definition) is 1. The van der Waals surface area contributed by atoms with E-state index in [2.05, 4.69) is 24.2 Å². The zero-order chi connectivity index (χ0) is 13.2. The number of nitrogens with zero attached hydrogens (tertiary/aromatic N) is 1. The van der Waals surface area contributed by atoms with Crippen LogP contribution in [0.5, 0.6) is 5.75 Å². The van der Waals surface area contributed by atoms with Crippen molar-refractivity contribution in [3.63, 3.8) is 0 Å². The summed E-state index contributed by atoms with van der Waals surface area (Å²) in [6, 6.07) is 9.07. The van der Waals surface area contributed by atoms with Gasteiger partial charge < -0.3 is 15.0 Å². The Bertz CT molecular complexity index is 341. The molecule has 0 fully saturated rings. The van der Waals surface area contributed by atoms with Gasteiger partial charge in [-0.2, -0.15) is 0 Å². The van der Waals surface area contributed by atoms with E-state index in [9.17, 15) is 4.79 Å². The van der Waals surface area contributed by atoms with Crippen molar-refractivity contribution in [2.24, 2.45) is 0 Å². The van der Waals surface area contributed by atoms with Gasteiger partial charge in [-0.25, -0.2) is 4.79 Å². The summed E-state index contributed by atoms with van der Waals surface area (Å²) in [5.41, 5.74) is 0. The van der Waals surface area contributed by atoms with Gasteiger partial charge in [-0.05, 0) is 32.1 Å². The Labute approximate surface area is 109 Å². The van der Waals surface area contributed by atoms with Crippen molar-refractivity contribution in [1.82, 2.24) is 10.2 Å². The number of likely N-dealkylation sites (N-methyl/N-ethyl adjacent to an activating group) is 1. The SMILES string of the molecule is CCCCN(C)CCNC(=O)Oc1ccccc1. The Morgan fingerprint density at radius 3 is 2.67 bits per heavy atom. The molecule has 18 heavy (non-hydrogen) atoms. The molecule has 100 valence electrons. The summed E-state index contributed by atoms with van der Waals surface area (Å²) < 4.78 is 5.11. The molecule has 1 aromatic carbocycles. The molecule has 1 N–H and O–H groups in total. The van der Waals surface area contributed by atoms with Crippen LogP contribution in [0.1, 0.15) is 19.8 Å². The normalized spacial score (nSPS) is 10.4. The maximum absolute atomic E-state index is 11.5. The summed E-state index contributed by atoms with van der Waals surface area (Å²) in [6.07, 6.45) is 1.98. The van der Waals surface area contributed by atoms with E-state index in [0.29, 0.717) is 12.3 Å². The second-order valence-corrected chi connectivity index (χ2v) is 4.29. The fourth-order valence-electron chi connectivity index (χ4n) is 1.52. The third-order valence-electron chi connectivity index (χ3n) is 2.61. The molecule has 0 aliphatic rings. The highest BCUT2D eigenvalue weighted by atomic mass is 16.5. The van der Waals surface area contributed by atoms with Crippen molar-refractivity contribution in [3.8, 4) is 5.75 Å². The topological polar surface area (TPSA) is 41.6 Å². The number of amides is 1. The van der Waals surface area contributed by atoms with E-state index in [-0.39, 0.29) is 0 Å². The first-order chi connectivity index (χ1) is 8.72. The summed E-state index contributed by atoms with van der Waals surface area (Å²) in [5, 5.41) is 2.74. The van der Waals surface area contributed by atoms with Crippen LogP contribution in [0, 0.1) is 0 Å². The van der Waals surface area contributed by atoms with Crippen LogP contribution in [0.2, 0.25) is 0 Å². The minimum Gasteiger partial charge on any atom is -0.410 e. The van der Waals surface area contributed by atoms with Crippen LogP contribution in [0.3, 0.4) is 0 Å². The van der Waals surface area contributed by atoms with E-state index in [4.69, 9.17) is 4.74 Å². The second kappa shape index (κ2) is 8.53. The molecule has 1 aromatic rings. The summed E-state index contributed by atoms with van der Waals surface area (Å²) in [5.74, 6) is 0.564. The van der Waals surface area contributed by atoms with Gasteiger partial charge in [0, 0.05) is 13.1 Å². The molecule has 0 saturated carbocycles. The number of hydrogen-bond acceptors (Lipinski definition) is 3. The first kappa shape index (κ1) is 14.5. The molecule has 0 radical (unpaired) electrons. The Hall–Kier alpha value is -1.55. The highest BCUT2D eigenvalue weighted by molar-refractivity contribution is 5.70. The fourth-order valence-corrected chi connectivity index (χ4v) is 1.52. The fraction of sp³-hybridized carbons (Fsp3) is 0.500. The van der Waals surface area contributed by atoms with Crippen LogP contribution >= 0.6 is 0 Å². The quantitative estimate of drug-likeness (QED) is 0.808. The molecule has 0 aromatic heterocycles. The molecule has 0 unspecified atom stereocenters. The number of nitrogens with one attached hydrogen (secondary N) is 1. The Kier molecular flexibility index (Phi) is 6.87. The molecule has 1 amide bonds. The van der Waals surface area contributed by atoms with Crippen LogP contribution in [0.25, 0.3) is 0 Å². The molecule has 0 aliphatic heterocycles. The lowest BCUT2D eigenvalue weighted by molar-refractivity contribution is 0.198. The summed E-state index contributed by atoms with van der Waals surface area (Å²) >= 11 is 0. The average molecular weight is 250 g/mol. The maximum Gasteiger partial charge on any atom is 0.412 e. The first-order valence-corrected chi connectivity index (χ1v) is 6.41. The molecule has 0 spiro atoms. The van der Waals surface area contributed by atoms with E-state index < -0.39 is 6.09 Å². The standard InChI is InChI=1S/C14H22N2O2/c1-3-4-11-16(2)12-10-15-14(17)18-13-8-6-5-7-9-13/h5-9H,3-4,10-12H2,1-2H3,(H,15,17). The van der Waals surface area contributed by atoms with E-state index in [1.54, 1.807) is 12.1 Å². The van der Waals surface area contributed by atoms with Crippen LogP contribution in [-0.2, 0) is 0 Å². The lowest BCUT2D eigenvalue weighted by Gasteiger charge is -2.16. The zero-order valence-corrected chi connectivity index (χ0v) is 11.2. The highest BCUT2D eigenvalue weighted by Gasteiger charge is 2.03. The number of benzene rings is 1. The van der Waals surface area contributed by atoms with Gasteiger partial charge in [-0.3, -0.25) is 0 Å². The van der Waals surface area contributed by atoms with Crippen molar-refractivity contribution in [2.45, 2.75) is 19.8 Å². The van der Waals surface area contributed by atoms with Gasteiger partial charge in [0.2, 0.25) is 0 Å². The van der Waals surface area contributed by atoms with Gasteiger partial charge in [-0.15, -0.1) is 0 Å². The molecule has 4 nitrogen and oxygen atoms in total. The Morgan fingerprint density at radius 2 is 2.00 bits per heavy atom. The second-order valence-electron chi connectivity index (χ2n) is 4.29. The molecule has 4 heteroatoms. The zero-order valence-electron chi connectivity index (χ0n) is 11.2. The molecular formula is C14H22N2O2. The molecule has 0 saturated heterocycles. The lowest BCUT2D eigenvalue weighted by atomic mass is 10.3. The number of carbonyl (C=O) groups excluding carboxylic acids is 1. The van der Waals surface area contributed by atoms with Gasteiger partial charge in [0.25, 0.3) is 0 Å². The minimum atomic E-state index is -0.398. The smallest absolute Gasteiger partial charge is 0.410 e. The summed E-state index contributed by atoms with van der Waals surface area (Å²) in [6.45, 7) is 4.67. The number of ether oxygens (including phenoxy) is 1. The van der Waals surface area contributed by atoms with Crippen molar-refractivity contribution in [3.05, 3.63) is 30.3 Å². The van der Waals surface area contributed by atoms with E-state index in [0.717, 1.165) is 13.1 Å². The van der Waals surface area contributed by atoms with Crippen molar-refractivity contribution < 1.29 is 9.53 Å². The van der Waals surface area contributed by atoms with Crippen molar-refractivity contribution >= 4 is 6.09 Å². The Balaban J connectivity index is 2.14. The van der Waals surface area contributed by atoms with E-state index in [1.165, 1.54) is 12.8 Å². The van der Waals surface area contributed by atoms with Crippen molar-refractivity contribution in [1.29, 1.82) is 0 Å². The predicted molar refractivity (Wildman–Crippen MR) is 72.9 cm³/mol. The molecule has 0 atom stereocenters. The minimum absolute atomic E-state index is 0.398. The van der Waals surface area contributed by atoms with Crippen LogP contribution in [0.4, 0.5) is 4.79 Å². The molecular weight excluding hydrogens is 228 g/mol. The van der Waals surface area contributed by atoms with Gasteiger partial charge in [0.05, 0.1) is 0 Å². The Morgan fingerprint density at radius 1 is 1.28 bits per heavy atom. The largest absolute Gasteiger partial charge is 0.412 e. The van der Waals surface area contributed by atoms with Gasteiger partial charge in [0.1, 0.15) is 5.75 Å². The van der Waals surface area contributed by atoms with Crippen LogP contribution in [-0.4, -0.2) is 37.7 Å². The maximum atomic E-state index is 11.5. The molecule has 0 bridgehead atoms. The number of para-hydroxylation sites is 1. The third-order valence-corrected chi connectivity index (χ3v) is 2.61. The number of rotatable bonds is 7. The summed E-state index contributed by atoms with van der Waals surface area (Å²) in [4.78, 5) is 13.7. The molecule has 0 aliphatic carbocycles.